The topological polar surface area (TPSA) is 53.6 Å². The van der Waals surface area contributed by atoms with Crippen LogP contribution in [0.4, 0.5) is 0 Å². The molecule has 2 aromatic rings. The van der Waals surface area contributed by atoms with Crippen molar-refractivity contribution in [3.63, 3.8) is 0 Å². The maximum absolute atomic E-state index is 12.3. The Hall–Kier alpha value is -2.37. The first-order chi connectivity index (χ1) is 15.2. The molecule has 5 nitrogen and oxygen atoms in total. The first kappa shape index (κ1) is 21.8. The Kier molecular flexibility index (Phi) is 7.60. The number of piperidine rings is 2. The maximum Gasteiger partial charge on any atom is 0.220 e. The molecule has 2 heterocycles. The minimum atomic E-state index is 0.119. The van der Waals surface area contributed by atoms with E-state index in [9.17, 15) is 4.79 Å². The number of carbonyl (C=O) groups is 1. The molecule has 166 valence electrons. The Labute approximate surface area is 186 Å². The molecule has 2 bridgehead atoms. The smallest absolute Gasteiger partial charge is 0.220 e. The maximum atomic E-state index is 12.3. The van der Waals surface area contributed by atoms with Gasteiger partial charge >= 0.3 is 0 Å². The summed E-state index contributed by atoms with van der Waals surface area (Å²) in [4.78, 5) is 15.0. The second kappa shape index (κ2) is 10.8. The third-order valence-corrected chi connectivity index (χ3v) is 6.72. The first-order valence-corrected chi connectivity index (χ1v) is 11.6. The van der Waals surface area contributed by atoms with Crippen molar-refractivity contribution in [1.82, 2.24) is 15.5 Å². The number of methoxy groups -OCH3 is 1. The lowest BCUT2D eigenvalue weighted by molar-refractivity contribution is -0.121. The van der Waals surface area contributed by atoms with Crippen LogP contribution in [0, 0.1) is 11.8 Å². The second-order valence-electron chi connectivity index (χ2n) is 9.04. The number of ether oxygens (including phenoxy) is 1. The van der Waals surface area contributed by atoms with Crippen LogP contribution in [0.25, 0.3) is 0 Å². The normalized spacial score (nSPS) is 23.3. The van der Waals surface area contributed by atoms with E-state index in [0.29, 0.717) is 24.9 Å². The molecule has 2 aliphatic heterocycles. The lowest BCUT2D eigenvalue weighted by Gasteiger charge is -2.46. The van der Waals surface area contributed by atoms with Crippen molar-refractivity contribution < 1.29 is 9.53 Å². The number of nitrogens with one attached hydrogen (secondary N) is 2. The van der Waals surface area contributed by atoms with Gasteiger partial charge < -0.3 is 15.4 Å². The number of likely N-dealkylation sites (tertiary alicyclic amines) is 1. The minimum absolute atomic E-state index is 0.119. The minimum Gasteiger partial charge on any atom is -0.496 e. The summed E-state index contributed by atoms with van der Waals surface area (Å²) in [5, 5.41) is 6.82. The zero-order valence-electron chi connectivity index (χ0n) is 18.6. The molecule has 0 aromatic heterocycles. The number of rotatable bonds is 9. The van der Waals surface area contributed by atoms with Crippen LogP contribution in [-0.4, -0.2) is 43.6 Å². The van der Waals surface area contributed by atoms with E-state index in [0.717, 1.165) is 49.7 Å². The average Bonchev–Trinajstić information content (AvgIpc) is 2.80. The fraction of sp³-hybridized carbons (Fsp3) is 0.500. The predicted molar refractivity (Wildman–Crippen MR) is 124 cm³/mol. The molecule has 2 N–H and O–H groups in total. The molecular weight excluding hydrogens is 386 g/mol. The summed E-state index contributed by atoms with van der Waals surface area (Å²) in [6, 6.07) is 19.1. The second-order valence-corrected chi connectivity index (χ2v) is 9.04. The number of nitrogens with zero attached hydrogens (tertiary/aromatic N) is 1. The Morgan fingerprint density at radius 3 is 2.77 bits per heavy atom. The Morgan fingerprint density at radius 1 is 1.13 bits per heavy atom. The average molecular weight is 422 g/mol. The van der Waals surface area contributed by atoms with Crippen LogP contribution in [0.1, 0.15) is 36.8 Å². The molecule has 0 radical (unpaired) electrons. The molecule has 1 amide bonds. The summed E-state index contributed by atoms with van der Waals surface area (Å²) in [6.45, 7) is 5.02. The molecule has 0 saturated carbocycles. The van der Waals surface area contributed by atoms with E-state index in [1.54, 1.807) is 7.11 Å². The number of fused-ring (bicyclic) bond motifs is 2. The van der Waals surface area contributed by atoms with Gasteiger partial charge in [0.15, 0.2) is 0 Å². The number of benzene rings is 2. The molecule has 4 rings (SSSR count). The Bertz CT molecular complexity index is 842. The van der Waals surface area contributed by atoms with Gasteiger partial charge in [-0.15, -0.1) is 0 Å². The fourth-order valence-corrected chi connectivity index (χ4v) is 5.19. The third-order valence-electron chi connectivity index (χ3n) is 6.72. The van der Waals surface area contributed by atoms with Crippen LogP contribution in [0.5, 0.6) is 5.75 Å². The summed E-state index contributed by atoms with van der Waals surface area (Å²) in [7, 11) is 1.66. The number of hydrogen-bond acceptors (Lipinski definition) is 4. The van der Waals surface area contributed by atoms with Gasteiger partial charge in [-0.2, -0.15) is 0 Å². The highest BCUT2D eigenvalue weighted by atomic mass is 16.5. The number of para-hydroxylation sites is 1. The molecule has 0 spiro atoms. The molecule has 31 heavy (non-hydrogen) atoms. The van der Waals surface area contributed by atoms with Crippen LogP contribution in [0.3, 0.4) is 0 Å². The number of amides is 1. The zero-order valence-corrected chi connectivity index (χ0v) is 18.6. The number of hydrogen-bond donors (Lipinski definition) is 2. The van der Waals surface area contributed by atoms with E-state index >= 15 is 0 Å². The van der Waals surface area contributed by atoms with Crippen LogP contribution in [0.2, 0.25) is 0 Å². The molecule has 2 aliphatic rings. The van der Waals surface area contributed by atoms with E-state index in [4.69, 9.17) is 4.74 Å². The van der Waals surface area contributed by atoms with Gasteiger partial charge in [0.05, 0.1) is 7.11 Å². The summed E-state index contributed by atoms with van der Waals surface area (Å²) >= 11 is 0. The van der Waals surface area contributed by atoms with Gasteiger partial charge in [-0.25, -0.2) is 0 Å². The molecule has 5 heteroatoms. The molecule has 2 aromatic carbocycles. The van der Waals surface area contributed by atoms with Crippen molar-refractivity contribution >= 4 is 5.91 Å². The van der Waals surface area contributed by atoms with Crippen molar-refractivity contribution in [2.45, 2.75) is 44.8 Å². The van der Waals surface area contributed by atoms with Gasteiger partial charge in [0, 0.05) is 44.2 Å². The van der Waals surface area contributed by atoms with Gasteiger partial charge in [0.2, 0.25) is 5.91 Å². The monoisotopic (exact) mass is 421 g/mol. The Balaban J connectivity index is 1.20. The number of carbonyl (C=O) groups excluding carboxylic acids is 1. The lowest BCUT2D eigenvalue weighted by Crippen LogP contribution is -2.55. The van der Waals surface area contributed by atoms with Gasteiger partial charge in [-0.1, -0.05) is 48.5 Å². The van der Waals surface area contributed by atoms with E-state index in [2.05, 4.69) is 45.9 Å². The van der Waals surface area contributed by atoms with Crippen molar-refractivity contribution in [1.29, 1.82) is 0 Å². The molecular formula is C26H35N3O2. The predicted octanol–water partition coefficient (Wildman–Crippen LogP) is 3.59. The molecule has 2 saturated heterocycles. The van der Waals surface area contributed by atoms with Crippen molar-refractivity contribution in [3.8, 4) is 5.75 Å². The van der Waals surface area contributed by atoms with Crippen LogP contribution in [-0.2, 0) is 17.9 Å². The van der Waals surface area contributed by atoms with Crippen molar-refractivity contribution in [3.05, 3.63) is 65.7 Å². The summed E-state index contributed by atoms with van der Waals surface area (Å²) in [5.41, 5.74) is 2.41. The van der Waals surface area contributed by atoms with Crippen molar-refractivity contribution in [2.24, 2.45) is 11.8 Å². The van der Waals surface area contributed by atoms with Crippen molar-refractivity contribution in [2.75, 3.05) is 26.7 Å². The van der Waals surface area contributed by atoms with Gasteiger partial charge in [-0.05, 0) is 49.3 Å². The first-order valence-electron chi connectivity index (χ1n) is 11.6. The molecule has 0 unspecified atom stereocenters. The SMILES string of the molecule is COc1ccccc1CNC(=O)CCC[C@H]1NC[C@@H]2C[C@H]1CN(Cc1ccccc1)C2. The fourth-order valence-electron chi connectivity index (χ4n) is 5.19. The summed E-state index contributed by atoms with van der Waals surface area (Å²) < 4.78 is 5.36. The quantitative estimate of drug-likeness (QED) is 0.650. The van der Waals surface area contributed by atoms with Crippen LogP contribution >= 0.6 is 0 Å². The highest BCUT2D eigenvalue weighted by molar-refractivity contribution is 5.75. The van der Waals surface area contributed by atoms with Gasteiger partial charge in [0.1, 0.15) is 5.75 Å². The van der Waals surface area contributed by atoms with Gasteiger partial charge in [-0.3, -0.25) is 9.69 Å². The van der Waals surface area contributed by atoms with E-state index in [-0.39, 0.29) is 5.91 Å². The van der Waals surface area contributed by atoms with Crippen LogP contribution in [0.15, 0.2) is 54.6 Å². The van der Waals surface area contributed by atoms with E-state index < -0.39 is 0 Å². The lowest BCUT2D eigenvalue weighted by atomic mass is 9.79. The zero-order chi connectivity index (χ0) is 21.5. The largest absolute Gasteiger partial charge is 0.496 e. The van der Waals surface area contributed by atoms with E-state index in [1.807, 2.05) is 24.3 Å². The highest BCUT2D eigenvalue weighted by Crippen LogP contribution is 2.31. The summed E-state index contributed by atoms with van der Waals surface area (Å²) in [5.74, 6) is 2.38. The van der Waals surface area contributed by atoms with Crippen LogP contribution < -0.4 is 15.4 Å². The Morgan fingerprint density at radius 2 is 1.94 bits per heavy atom. The summed E-state index contributed by atoms with van der Waals surface area (Å²) in [6.07, 6.45) is 3.90. The third kappa shape index (κ3) is 6.08. The van der Waals surface area contributed by atoms with Gasteiger partial charge in [0.25, 0.3) is 0 Å². The molecule has 0 aliphatic carbocycles. The molecule has 2 fully saturated rings. The standard InChI is InChI=1S/C26H35N3O2/c1-31-25-12-6-5-10-22(25)16-28-26(30)13-7-11-24-23-14-21(15-27-24)18-29(19-23)17-20-8-3-2-4-9-20/h2-6,8-10,12,21,23-24,27H,7,11,13-19H2,1H3,(H,28,30)/t21-,23-,24+/m0/s1. The highest BCUT2D eigenvalue weighted by Gasteiger charge is 2.36. The van der Waals surface area contributed by atoms with E-state index in [1.165, 1.54) is 18.5 Å². The molecule has 3 atom stereocenters.